The average molecular weight is 479 g/mol. The second-order valence-electron chi connectivity index (χ2n) is 7.03. The molecule has 0 saturated heterocycles. The molecule has 0 fully saturated rings. The quantitative estimate of drug-likeness (QED) is 0.404. The molecule has 172 valence electrons. The van der Waals surface area contributed by atoms with Crippen molar-refractivity contribution in [1.29, 1.82) is 0 Å². The number of anilines is 1. The number of nitrogens with one attached hydrogen (secondary N) is 1. The molecule has 1 aliphatic rings. The molecule has 2 aromatic carbocycles. The lowest BCUT2D eigenvalue weighted by atomic mass is 10.2. The number of phenolic OH excluding ortho intramolecular Hbond substituents is 1. The summed E-state index contributed by atoms with van der Waals surface area (Å²) in [7, 11) is -3.90. The number of aromatic hydroxyl groups is 1. The molecule has 0 saturated carbocycles. The first-order chi connectivity index (χ1) is 16.2. The van der Waals surface area contributed by atoms with Crippen molar-refractivity contribution in [3.8, 4) is 5.75 Å². The number of imide groups is 1. The minimum atomic E-state index is -3.90. The van der Waals surface area contributed by atoms with Crippen LogP contribution >= 0.6 is 0 Å². The van der Waals surface area contributed by atoms with Crippen LogP contribution in [0.4, 0.5) is 11.6 Å². The minimum absolute atomic E-state index is 0.0151. The van der Waals surface area contributed by atoms with Gasteiger partial charge >= 0.3 is 0 Å². The van der Waals surface area contributed by atoms with E-state index in [9.17, 15) is 23.1 Å². The standard InChI is InChI=1S/C21H17N7O5S/c1-13-18(20(31)28(26-13)19(30)14-3-7-16(29)8-4-14)25-24-15-5-9-17(10-6-15)34(32,33)27-21-22-11-2-12-23-21/h2-12,18,29H,1H3,(H,22,23,27). The van der Waals surface area contributed by atoms with E-state index < -0.39 is 27.9 Å². The van der Waals surface area contributed by atoms with E-state index >= 15 is 0 Å². The summed E-state index contributed by atoms with van der Waals surface area (Å²) in [5, 5.41) is 22.0. The first kappa shape index (κ1) is 22.7. The fourth-order valence-corrected chi connectivity index (χ4v) is 3.87. The second kappa shape index (κ2) is 9.15. The number of benzene rings is 2. The Morgan fingerprint density at radius 2 is 1.71 bits per heavy atom. The van der Waals surface area contributed by atoms with Crippen LogP contribution in [-0.4, -0.2) is 52.1 Å². The molecule has 0 spiro atoms. The van der Waals surface area contributed by atoms with Crippen molar-refractivity contribution >= 4 is 39.2 Å². The molecule has 2 heterocycles. The summed E-state index contributed by atoms with van der Waals surface area (Å²) in [4.78, 5) is 32.8. The Labute approximate surface area is 193 Å². The lowest BCUT2D eigenvalue weighted by Gasteiger charge is -2.10. The zero-order valence-corrected chi connectivity index (χ0v) is 18.4. The van der Waals surface area contributed by atoms with Crippen molar-refractivity contribution < 1.29 is 23.1 Å². The largest absolute Gasteiger partial charge is 0.508 e. The molecule has 0 radical (unpaired) electrons. The van der Waals surface area contributed by atoms with Gasteiger partial charge in [-0.05, 0) is 61.5 Å². The summed E-state index contributed by atoms with van der Waals surface area (Å²) in [6, 6.07) is 11.3. The Hall–Kier alpha value is -4.52. The summed E-state index contributed by atoms with van der Waals surface area (Å²) in [5.74, 6) is -1.41. The molecule has 2 amide bonds. The highest BCUT2D eigenvalue weighted by Gasteiger charge is 2.38. The number of hydrazone groups is 1. The molecule has 1 aromatic heterocycles. The van der Waals surface area contributed by atoms with Gasteiger partial charge < -0.3 is 5.11 Å². The second-order valence-corrected chi connectivity index (χ2v) is 8.72. The molecule has 1 aliphatic heterocycles. The third-order valence-corrected chi connectivity index (χ3v) is 5.97. The molecule has 1 atom stereocenters. The number of carbonyl (C=O) groups excluding carboxylic acids is 2. The summed E-state index contributed by atoms with van der Waals surface area (Å²) in [6.07, 6.45) is 2.81. The number of hydrogen-bond donors (Lipinski definition) is 2. The molecule has 12 nitrogen and oxygen atoms in total. The molecule has 0 bridgehead atoms. The van der Waals surface area contributed by atoms with Gasteiger partial charge in [-0.1, -0.05) is 0 Å². The molecule has 1 unspecified atom stereocenters. The number of azo groups is 1. The van der Waals surface area contributed by atoms with Gasteiger partial charge in [0.25, 0.3) is 21.8 Å². The zero-order valence-electron chi connectivity index (χ0n) is 17.6. The molecular formula is C21H17N7O5S. The predicted octanol–water partition coefficient (Wildman–Crippen LogP) is 2.49. The molecule has 4 rings (SSSR count). The van der Waals surface area contributed by atoms with Crippen LogP contribution in [0.5, 0.6) is 5.75 Å². The van der Waals surface area contributed by atoms with Crippen molar-refractivity contribution in [3.05, 3.63) is 72.6 Å². The van der Waals surface area contributed by atoms with Crippen molar-refractivity contribution in [2.24, 2.45) is 15.3 Å². The van der Waals surface area contributed by atoms with E-state index in [1.165, 1.54) is 60.9 Å². The molecule has 34 heavy (non-hydrogen) atoms. The Bertz CT molecular complexity index is 1390. The maximum atomic E-state index is 12.7. The third-order valence-electron chi connectivity index (χ3n) is 4.63. The van der Waals surface area contributed by atoms with E-state index in [0.717, 1.165) is 0 Å². The van der Waals surface area contributed by atoms with Crippen molar-refractivity contribution in [2.75, 3.05) is 4.72 Å². The van der Waals surface area contributed by atoms with E-state index in [1.54, 1.807) is 13.0 Å². The van der Waals surface area contributed by atoms with Crippen LogP contribution in [0, 0.1) is 0 Å². The van der Waals surface area contributed by atoms with Gasteiger partial charge in [0.15, 0.2) is 6.04 Å². The SMILES string of the molecule is CC1=NN(C(=O)c2ccc(O)cc2)C(=O)C1N=Nc1ccc(S(=O)(=O)Nc2ncccn2)cc1. The minimum Gasteiger partial charge on any atom is -0.508 e. The third kappa shape index (κ3) is 4.78. The highest BCUT2D eigenvalue weighted by Crippen LogP contribution is 2.22. The first-order valence-corrected chi connectivity index (χ1v) is 11.3. The van der Waals surface area contributed by atoms with Crippen LogP contribution in [-0.2, 0) is 14.8 Å². The number of aromatic nitrogens is 2. The van der Waals surface area contributed by atoms with Gasteiger partial charge in [0.1, 0.15) is 5.75 Å². The monoisotopic (exact) mass is 479 g/mol. The first-order valence-electron chi connectivity index (χ1n) is 9.78. The Balaban J connectivity index is 1.45. The summed E-state index contributed by atoms with van der Waals surface area (Å²) < 4.78 is 27.1. The maximum Gasteiger partial charge on any atom is 0.282 e. The Kier molecular flexibility index (Phi) is 6.10. The number of phenols is 1. The van der Waals surface area contributed by atoms with Crippen LogP contribution in [0.15, 0.2) is 87.2 Å². The van der Waals surface area contributed by atoms with Crippen molar-refractivity contribution in [3.63, 3.8) is 0 Å². The summed E-state index contributed by atoms with van der Waals surface area (Å²) >= 11 is 0. The number of rotatable bonds is 6. The average Bonchev–Trinajstić information content (AvgIpc) is 3.11. The fourth-order valence-electron chi connectivity index (χ4n) is 2.91. The topological polar surface area (TPSA) is 167 Å². The number of nitrogens with zero attached hydrogens (tertiary/aromatic N) is 6. The predicted molar refractivity (Wildman–Crippen MR) is 120 cm³/mol. The van der Waals surface area contributed by atoms with Crippen LogP contribution in [0.25, 0.3) is 0 Å². The van der Waals surface area contributed by atoms with Gasteiger partial charge in [0.2, 0.25) is 5.95 Å². The van der Waals surface area contributed by atoms with Gasteiger partial charge in [-0.2, -0.15) is 20.3 Å². The van der Waals surface area contributed by atoms with Crippen LogP contribution in [0.3, 0.4) is 0 Å². The highest BCUT2D eigenvalue weighted by atomic mass is 32.2. The van der Waals surface area contributed by atoms with Crippen molar-refractivity contribution in [2.45, 2.75) is 17.9 Å². The van der Waals surface area contributed by atoms with Crippen LogP contribution < -0.4 is 4.72 Å². The number of carbonyl (C=O) groups is 2. The highest BCUT2D eigenvalue weighted by molar-refractivity contribution is 7.92. The number of amides is 2. The van der Waals surface area contributed by atoms with Gasteiger partial charge in [-0.3, -0.25) is 9.59 Å². The van der Waals surface area contributed by atoms with E-state index in [4.69, 9.17) is 0 Å². The van der Waals surface area contributed by atoms with Crippen molar-refractivity contribution in [1.82, 2.24) is 15.0 Å². The van der Waals surface area contributed by atoms with Crippen LogP contribution in [0.2, 0.25) is 0 Å². The van der Waals surface area contributed by atoms with E-state index in [0.29, 0.717) is 10.7 Å². The zero-order chi connectivity index (χ0) is 24.3. The summed E-state index contributed by atoms with van der Waals surface area (Å²) in [5.41, 5.74) is 0.734. The molecular weight excluding hydrogens is 462 g/mol. The van der Waals surface area contributed by atoms with E-state index in [2.05, 4.69) is 30.0 Å². The Morgan fingerprint density at radius 3 is 2.35 bits per heavy atom. The fraction of sp³-hybridized carbons (Fsp3) is 0.0952. The number of sulfonamides is 1. The molecule has 2 N–H and O–H groups in total. The normalized spacial score (nSPS) is 16.0. The van der Waals surface area contributed by atoms with Gasteiger partial charge in [0, 0.05) is 18.0 Å². The van der Waals surface area contributed by atoms with E-state index in [1.807, 2.05) is 0 Å². The van der Waals surface area contributed by atoms with E-state index in [-0.39, 0.29) is 27.9 Å². The Morgan fingerprint density at radius 1 is 1.06 bits per heavy atom. The van der Waals surface area contributed by atoms with Gasteiger partial charge in [-0.15, -0.1) is 0 Å². The number of hydrogen-bond acceptors (Lipinski definition) is 10. The molecule has 0 aliphatic carbocycles. The van der Waals surface area contributed by atoms with Crippen LogP contribution in [0.1, 0.15) is 17.3 Å². The lowest BCUT2D eigenvalue weighted by molar-refractivity contribution is -0.127. The molecule has 3 aromatic rings. The van der Waals surface area contributed by atoms with Gasteiger partial charge in [-0.25, -0.2) is 23.1 Å². The molecule has 13 heteroatoms. The summed E-state index contributed by atoms with van der Waals surface area (Å²) in [6.45, 7) is 1.54. The van der Waals surface area contributed by atoms with Gasteiger partial charge in [0.05, 0.1) is 16.3 Å². The lowest BCUT2D eigenvalue weighted by Crippen LogP contribution is -2.34. The maximum absolute atomic E-state index is 12.7. The smallest absolute Gasteiger partial charge is 0.282 e.